The first-order chi connectivity index (χ1) is 8.54. The number of amides is 1. The number of nitrogens with zero attached hydrogens (tertiary/aromatic N) is 2. The highest BCUT2D eigenvalue weighted by molar-refractivity contribution is 6.30. The average Bonchev–Trinajstić information content (AvgIpc) is 2.27. The molecule has 2 aromatic rings. The van der Waals surface area contributed by atoms with Crippen molar-refractivity contribution in [3.05, 3.63) is 46.7 Å². The number of carbonyl (C=O) groups excluding carboxylic acids is 1. The van der Waals surface area contributed by atoms with Gasteiger partial charge < -0.3 is 11.1 Å². The summed E-state index contributed by atoms with van der Waals surface area (Å²) in [5, 5.41) is 2.84. The van der Waals surface area contributed by atoms with Gasteiger partial charge in [0.15, 0.2) is 0 Å². The molecular formula is C12H11ClN4O. The number of nitrogens with one attached hydrogen (secondary N) is 1. The number of aryl methyl sites for hydroxylation is 1. The van der Waals surface area contributed by atoms with Gasteiger partial charge in [-0.15, -0.1) is 0 Å². The lowest BCUT2D eigenvalue weighted by Crippen LogP contribution is -2.13. The number of halogens is 1. The molecule has 2 aromatic heterocycles. The number of carbonyl (C=O) groups is 1. The molecule has 18 heavy (non-hydrogen) atoms. The van der Waals surface area contributed by atoms with Crippen molar-refractivity contribution in [2.75, 3.05) is 11.1 Å². The quantitative estimate of drug-likeness (QED) is 0.814. The van der Waals surface area contributed by atoms with Crippen molar-refractivity contribution in [3.8, 4) is 0 Å². The third-order valence-electron chi connectivity index (χ3n) is 2.23. The van der Waals surface area contributed by atoms with E-state index in [4.69, 9.17) is 17.3 Å². The Morgan fingerprint density at radius 3 is 2.83 bits per heavy atom. The van der Waals surface area contributed by atoms with Crippen LogP contribution in [0.4, 0.5) is 11.6 Å². The summed E-state index contributed by atoms with van der Waals surface area (Å²) in [6, 6.07) is 6.51. The minimum absolute atomic E-state index is 0.178. The fourth-order valence-corrected chi connectivity index (χ4v) is 1.66. The van der Waals surface area contributed by atoms with Gasteiger partial charge in [0.25, 0.3) is 5.91 Å². The van der Waals surface area contributed by atoms with Gasteiger partial charge in [0.2, 0.25) is 0 Å². The van der Waals surface area contributed by atoms with Gasteiger partial charge in [-0.3, -0.25) is 4.79 Å². The van der Waals surface area contributed by atoms with Crippen molar-refractivity contribution < 1.29 is 4.79 Å². The highest BCUT2D eigenvalue weighted by atomic mass is 35.5. The van der Waals surface area contributed by atoms with Crippen molar-refractivity contribution in [1.82, 2.24) is 9.97 Å². The molecule has 0 aliphatic carbocycles. The van der Waals surface area contributed by atoms with Crippen molar-refractivity contribution in [2.45, 2.75) is 6.92 Å². The summed E-state index contributed by atoms with van der Waals surface area (Å²) >= 11 is 5.74. The second-order valence-corrected chi connectivity index (χ2v) is 4.16. The van der Waals surface area contributed by atoms with Gasteiger partial charge in [-0.1, -0.05) is 11.6 Å². The molecule has 0 bridgehead atoms. The van der Waals surface area contributed by atoms with Crippen LogP contribution < -0.4 is 11.1 Å². The minimum Gasteiger partial charge on any atom is -0.384 e. The first kappa shape index (κ1) is 12.3. The van der Waals surface area contributed by atoms with E-state index in [0.717, 1.165) is 5.56 Å². The van der Waals surface area contributed by atoms with E-state index in [1.807, 2.05) is 13.0 Å². The number of pyridine rings is 2. The van der Waals surface area contributed by atoms with E-state index in [1.165, 1.54) is 12.1 Å². The van der Waals surface area contributed by atoms with Gasteiger partial charge in [-0.2, -0.15) is 0 Å². The first-order valence-electron chi connectivity index (χ1n) is 5.21. The van der Waals surface area contributed by atoms with E-state index < -0.39 is 0 Å². The lowest BCUT2D eigenvalue weighted by Gasteiger charge is -2.05. The third-order valence-corrected chi connectivity index (χ3v) is 2.43. The molecule has 5 nitrogen and oxygen atoms in total. The minimum atomic E-state index is -0.330. The van der Waals surface area contributed by atoms with Crippen LogP contribution in [0.5, 0.6) is 0 Å². The zero-order chi connectivity index (χ0) is 13.1. The predicted molar refractivity (Wildman–Crippen MR) is 70.6 cm³/mol. The highest BCUT2D eigenvalue weighted by Gasteiger charge is 2.09. The van der Waals surface area contributed by atoms with Crippen LogP contribution in [-0.4, -0.2) is 15.9 Å². The Morgan fingerprint density at radius 1 is 1.39 bits per heavy atom. The molecule has 0 aliphatic heterocycles. The summed E-state index contributed by atoms with van der Waals surface area (Å²) < 4.78 is 0. The number of anilines is 2. The van der Waals surface area contributed by atoms with Crippen LogP contribution in [0.25, 0.3) is 0 Å². The molecule has 0 aliphatic rings. The van der Waals surface area contributed by atoms with Crippen LogP contribution >= 0.6 is 11.6 Å². The SMILES string of the molecule is Cc1ccnc(NC(=O)c2cc(N)nc(Cl)c2)c1. The van der Waals surface area contributed by atoms with E-state index in [0.29, 0.717) is 11.4 Å². The predicted octanol–water partition coefficient (Wildman–Crippen LogP) is 2.27. The second-order valence-electron chi connectivity index (χ2n) is 3.78. The zero-order valence-electron chi connectivity index (χ0n) is 9.64. The number of hydrogen-bond acceptors (Lipinski definition) is 4. The fraction of sp³-hybridized carbons (Fsp3) is 0.0833. The summed E-state index contributed by atoms with van der Waals surface area (Å²) in [5.74, 6) is 0.348. The zero-order valence-corrected chi connectivity index (χ0v) is 10.4. The number of rotatable bonds is 2. The Bertz CT molecular complexity index is 580. The molecule has 0 spiro atoms. The molecule has 0 fully saturated rings. The monoisotopic (exact) mass is 262 g/mol. The normalized spacial score (nSPS) is 10.1. The summed E-state index contributed by atoms with van der Waals surface area (Å²) in [5.41, 5.74) is 6.87. The summed E-state index contributed by atoms with van der Waals surface area (Å²) in [6.07, 6.45) is 1.62. The van der Waals surface area contributed by atoms with Crippen LogP contribution in [0.15, 0.2) is 30.5 Å². The average molecular weight is 263 g/mol. The Hall–Kier alpha value is -2.14. The molecule has 0 saturated carbocycles. The maximum atomic E-state index is 11.9. The van der Waals surface area contributed by atoms with Gasteiger partial charge in [0.05, 0.1) is 0 Å². The highest BCUT2D eigenvalue weighted by Crippen LogP contribution is 2.14. The van der Waals surface area contributed by atoms with Gasteiger partial charge in [-0.05, 0) is 36.8 Å². The fourth-order valence-electron chi connectivity index (χ4n) is 1.44. The molecule has 0 atom stereocenters. The lowest BCUT2D eigenvalue weighted by atomic mass is 10.2. The Morgan fingerprint density at radius 2 is 2.17 bits per heavy atom. The van der Waals surface area contributed by atoms with Crippen molar-refractivity contribution >= 4 is 29.1 Å². The van der Waals surface area contributed by atoms with E-state index in [9.17, 15) is 4.79 Å². The van der Waals surface area contributed by atoms with Crippen LogP contribution in [0, 0.1) is 6.92 Å². The van der Waals surface area contributed by atoms with Gasteiger partial charge in [0.1, 0.15) is 16.8 Å². The van der Waals surface area contributed by atoms with Crippen LogP contribution in [-0.2, 0) is 0 Å². The maximum absolute atomic E-state index is 11.9. The van der Waals surface area contributed by atoms with Crippen molar-refractivity contribution in [3.63, 3.8) is 0 Å². The topological polar surface area (TPSA) is 80.9 Å². The summed E-state index contributed by atoms with van der Waals surface area (Å²) in [4.78, 5) is 19.8. The molecule has 6 heteroatoms. The van der Waals surface area contributed by atoms with Crippen LogP contribution in [0.2, 0.25) is 5.15 Å². The van der Waals surface area contributed by atoms with Crippen molar-refractivity contribution in [1.29, 1.82) is 0 Å². The lowest BCUT2D eigenvalue weighted by molar-refractivity contribution is 0.102. The largest absolute Gasteiger partial charge is 0.384 e. The Balaban J connectivity index is 2.22. The number of aromatic nitrogens is 2. The van der Waals surface area contributed by atoms with Crippen LogP contribution in [0.3, 0.4) is 0 Å². The number of hydrogen-bond donors (Lipinski definition) is 2. The van der Waals surface area contributed by atoms with E-state index >= 15 is 0 Å². The van der Waals surface area contributed by atoms with E-state index in [-0.39, 0.29) is 16.9 Å². The van der Waals surface area contributed by atoms with Crippen LogP contribution in [0.1, 0.15) is 15.9 Å². The molecule has 0 unspecified atom stereocenters. The Kier molecular flexibility index (Phi) is 3.43. The first-order valence-corrected chi connectivity index (χ1v) is 5.59. The standard InChI is InChI=1S/C12H11ClN4O/c1-7-2-3-15-11(4-7)17-12(18)8-5-9(13)16-10(14)6-8/h2-6H,1H3,(H2,14,16)(H,15,17,18). The number of nitrogen functional groups attached to an aromatic ring is 1. The molecule has 1 amide bonds. The summed E-state index contributed by atoms with van der Waals surface area (Å²) in [6.45, 7) is 1.92. The van der Waals surface area contributed by atoms with E-state index in [1.54, 1.807) is 12.3 Å². The molecule has 0 radical (unpaired) electrons. The second kappa shape index (κ2) is 5.01. The molecular weight excluding hydrogens is 252 g/mol. The maximum Gasteiger partial charge on any atom is 0.257 e. The molecule has 92 valence electrons. The molecule has 2 heterocycles. The number of nitrogens with two attached hydrogens (primary N) is 1. The molecule has 0 saturated heterocycles. The van der Waals surface area contributed by atoms with Gasteiger partial charge in [0, 0.05) is 11.8 Å². The van der Waals surface area contributed by atoms with Gasteiger partial charge in [-0.25, -0.2) is 9.97 Å². The third kappa shape index (κ3) is 2.95. The van der Waals surface area contributed by atoms with Crippen molar-refractivity contribution in [2.24, 2.45) is 0 Å². The summed E-state index contributed by atoms with van der Waals surface area (Å²) in [7, 11) is 0. The van der Waals surface area contributed by atoms with Gasteiger partial charge >= 0.3 is 0 Å². The van der Waals surface area contributed by atoms with E-state index in [2.05, 4.69) is 15.3 Å². The smallest absolute Gasteiger partial charge is 0.257 e. The molecule has 2 rings (SSSR count). The Labute approximate surface area is 109 Å². The molecule has 0 aromatic carbocycles. The molecule has 3 N–H and O–H groups in total.